The van der Waals surface area contributed by atoms with Gasteiger partial charge >= 0.3 is 11.9 Å². The van der Waals surface area contributed by atoms with E-state index in [-0.39, 0.29) is 24.2 Å². The van der Waals surface area contributed by atoms with Gasteiger partial charge in [-0.25, -0.2) is 9.59 Å². The van der Waals surface area contributed by atoms with E-state index in [0.717, 1.165) is 0 Å². The smallest absolute Gasteiger partial charge is 0.346 e. The van der Waals surface area contributed by atoms with Gasteiger partial charge in [-0.05, 0) is 29.5 Å². The maximum Gasteiger partial charge on any atom is 0.346 e. The zero-order valence-corrected chi connectivity index (χ0v) is 11.5. The Morgan fingerprint density at radius 2 is 1.68 bits per heavy atom. The van der Waals surface area contributed by atoms with E-state index in [9.17, 15) is 19.8 Å². The van der Waals surface area contributed by atoms with Gasteiger partial charge in [0.25, 0.3) is 0 Å². The standard InChI is InChI=1S/C16H14O6/c17-7-6-12(18)14(19)9-4-5-11-13-8(9)2-1-3-10(13)15(20)22-16(11)21/h1-5,12,14,17-19H,6-7H2. The average Bonchev–Trinajstić information content (AvgIpc) is 2.51. The zero-order valence-electron chi connectivity index (χ0n) is 11.5. The van der Waals surface area contributed by atoms with Crippen LogP contribution in [0.1, 0.15) is 38.8 Å². The van der Waals surface area contributed by atoms with Crippen molar-refractivity contribution in [2.24, 2.45) is 0 Å². The molecule has 3 N–H and O–H groups in total. The molecule has 0 saturated heterocycles. The van der Waals surface area contributed by atoms with Gasteiger partial charge in [0.05, 0.1) is 17.2 Å². The third kappa shape index (κ3) is 2.18. The SMILES string of the molecule is O=C1OC(=O)c2ccc(C(O)C(O)CCO)c3cccc1c23. The van der Waals surface area contributed by atoms with Crippen LogP contribution in [0.4, 0.5) is 0 Å². The molecule has 0 aromatic heterocycles. The predicted molar refractivity (Wildman–Crippen MR) is 76.4 cm³/mol. The lowest BCUT2D eigenvalue weighted by molar-refractivity contribution is 0.00499. The van der Waals surface area contributed by atoms with Gasteiger partial charge in [-0.15, -0.1) is 0 Å². The second-order valence-corrected chi connectivity index (χ2v) is 5.13. The van der Waals surface area contributed by atoms with Crippen molar-refractivity contribution in [2.45, 2.75) is 18.6 Å². The molecule has 1 aliphatic heterocycles. The van der Waals surface area contributed by atoms with Crippen LogP contribution in [0.3, 0.4) is 0 Å². The number of cyclic esters (lactones) is 2. The van der Waals surface area contributed by atoms with Crippen LogP contribution in [0.15, 0.2) is 30.3 Å². The number of hydrogen-bond acceptors (Lipinski definition) is 6. The highest BCUT2D eigenvalue weighted by molar-refractivity contribution is 6.21. The van der Waals surface area contributed by atoms with Gasteiger partial charge in [0.2, 0.25) is 0 Å². The summed E-state index contributed by atoms with van der Waals surface area (Å²) in [5.74, 6) is -1.46. The molecule has 0 saturated carbocycles. The van der Waals surface area contributed by atoms with Crippen LogP contribution in [-0.2, 0) is 4.74 Å². The average molecular weight is 302 g/mol. The number of aliphatic hydroxyl groups excluding tert-OH is 3. The topological polar surface area (TPSA) is 104 Å². The minimum atomic E-state index is -1.23. The molecule has 0 spiro atoms. The predicted octanol–water partition coefficient (Wildman–Crippen LogP) is 0.927. The molecular weight excluding hydrogens is 288 g/mol. The fraction of sp³-hybridized carbons (Fsp3) is 0.250. The number of ether oxygens (including phenoxy) is 1. The number of aliphatic hydroxyl groups is 3. The van der Waals surface area contributed by atoms with E-state index in [1.54, 1.807) is 18.2 Å². The number of hydrogen-bond donors (Lipinski definition) is 3. The first-order valence-electron chi connectivity index (χ1n) is 6.83. The minimum Gasteiger partial charge on any atom is -0.396 e. The first kappa shape index (κ1) is 14.6. The summed E-state index contributed by atoms with van der Waals surface area (Å²) in [6.45, 7) is -0.260. The Hall–Kier alpha value is -2.28. The summed E-state index contributed by atoms with van der Waals surface area (Å²) in [7, 11) is 0. The van der Waals surface area contributed by atoms with Gasteiger partial charge in [-0.3, -0.25) is 0 Å². The molecule has 6 heteroatoms. The molecule has 0 fully saturated rings. The quantitative estimate of drug-likeness (QED) is 0.573. The van der Waals surface area contributed by atoms with Crippen molar-refractivity contribution < 1.29 is 29.6 Å². The summed E-state index contributed by atoms with van der Waals surface area (Å²) >= 11 is 0. The summed E-state index contributed by atoms with van der Waals surface area (Å²) in [5, 5.41) is 29.9. The van der Waals surface area contributed by atoms with E-state index < -0.39 is 24.1 Å². The van der Waals surface area contributed by atoms with Crippen molar-refractivity contribution in [3.05, 3.63) is 47.0 Å². The number of benzene rings is 2. The summed E-state index contributed by atoms with van der Waals surface area (Å²) in [6.07, 6.45) is -2.36. The third-order valence-corrected chi connectivity index (χ3v) is 3.81. The van der Waals surface area contributed by atoms with Crippen LogP contribution >= 0.6 is 0 Å². The van der Waals surface area contributed by atoms with Crippen molar-refractivity contribution >= 4 is 22.7 Å². The Kier molecular flexibility index (Phi) is 3.66. The molecule has 1 aliphatic rings. The molecule has 0 radical (unpaired) electrons. The highest BCUT2D eigenvalue weighted by atomic mass is 16.6. The van der Waals surface area contributed by atoms with Gasteiger partial charge in [0.1, 0.15) is 6.10 Å². The van der Waals surface area contributed by atoms with Crippen molar-refractivity contribution in [3.63, 3.8) is 0 Å². The lowest BCUT2D eigenvalue weighted by atomic mass is 9.90. The summed E-state index contributed by atoms with van der Waals surface area (Å²) < 4.78 is 4.67. The minimum absolute atomic E-state index is 0.0189. The molecule has 6 nitrogen and oxygen atoms in total. The Morgan fingerprint density at radius 3 is 2.36 bits per heavy atom. The molecule has 2 unspecified atom stereocenters. The van der Waals surface area contributed by atoms with Crippen molar-refractivity contribution in [1.29, 1.82) is 0 Å². The second-order valence-electron chi connectivity index (χ2n) is 5.13. The van der Waals surface area contributed by atoms with Gasteiger partial charge < -0.3 is 20.1 Å². The van der Waals surface area contributed by atoms with Crippen LogP contribution in [0.2, 0.25) is 0 Å². The Balaban J connectivity index is 2.22. The van der Waals surface area contributed by atoms with E-state index in [0.29, 0.717) is 16.3 Å². The lowest BCUT2D eigenvalue weighted by Crippen LogP contribution is -2.22. The number of carbonyl (C=O) groups excluding carboxylic acids is 2. The van der Waals surface area contributed by atoms with Gasteiger partial charge in [0.15, 0.2) is 0 Å². The normalized spacial score (nSPS) is 16.5. The van der Waals surface area contributed by atoms with Gasteiger partial charge in [-0.2, -0.15) is 0 Å². The summed E-state index contributed by atoms with van der Waals surface area (Å²) in [4.78, 5) is 23.6. The van der Waals surface area contributed by atoms with Crippen LogP contribution in [0, 0.1) is 0 Å². The third-order valence-electron chi connectivity index (χ3n) is 3.81. The van der Waals surface area contributed by atoms with E-state index in [1.807, 2.05) is 0 Å². The van der Waals surface area contributed by atoms with Crippen LogP contribution in [0.25, 0.3) is 10.8 Å². The number of esters is 2. The van der Waals surface area contributed by atoms with E-state index in [2.05, 4.69) is 4.74 Å². The first-order chi connectivity index (χ1) is 10.5. The summed E-state index contributed by atoms with van der Waals surface area (Å²) in [5.41, 5.74) is 0.889. The van der Waals surface area contributed by atoms with E-state index in [1.165, 1.54) is 12.1 Å². The summed E-state index contributed by atoms with van der Waals surface area (Å²) in [6, 6.07) is 7.81. The molecule has 2 aromatic carbocycles. The molecule has 3 rings (SSSR count). The van der Waals surface area contributed by atoms with Crippen molar-refractivity contribution in [2.75, 3.05) is 6.61 Å². The Morgan fingerprint density at radius 1 is 1.00 bits per heavy atom. The maximum atomic E-state index is 11.8. The van der Waals surface area contributed by atoms with Crippen LogP contribution < -0.4 is 0 Å². The Labute approximate surface area is 125 Å². The number of carbonyl (C=O) groups is 2. The molecule has 0 amide bonds. The molecule has 0 aliphatic carbocycles. The molecule has 114 valence electrons. The van der Waals surface area contributed by atoms with Crippen molar-refractivity contribution in [3.8, 4) is 0 Å². The second kappa shape index (κ2) is 5.49. The highest BCUT2D eigenvalue weighted by Gasteiger charge is 2.29. The van der Waals surface area contributed by atoms with Crippen LogP contribution in [-0.4, -0.2) is 40.0 Å². The van der Waals surface area contributed by atoms with Crippen LogP contribution in [0.5, 0.6) is 0 Å². The fourth-order valence-corrected chi connectivity index (χ4v) is 2.72. The maximum absolute atomic E-state index is 11.8. The van der Waals surface area contributed by atoms with Gasteiger partial charge in [0, 0.05) is 12.0 Å². The molecular formula is C16H14O6. The van der Waals surface area contributed by atoms with Crippen molar-refractivity contribution in [1.82, 2.24) is 0 Å². The molecule has 0 bridgehead atoms. The van der Waals surface area contributed by atoms with Gasteiger partial charge in [-0.1, -0.05) is 18.2 Å². The molecule has 22 heavy (non-hydrogen) atoms. The van der Waals surface area contributed by atoms with E-state index >= 15 is 0 Å². The fourth-order valence-electron chi connectivity index (χ4n) is 2.72. The number of rotatable bonds is 4. The lowest BCUT2D eigenvalue weighted by Gasteiger charge is -2.22. The Bertz CT molecular complexity index is 746. The molecule has 2 atom stereocenters. The molecule has 1 heterocycles. The monoisotopic (exact) mass is 302 g/mol. The van der Waals surface area contributed by atoms with E-state index in [4.69, 9.17) is 5.11 Å². The molecule has 2 aromatic rings. The largest absolute Gasteiger partial charge is 0.396 e. The first-order valence-corrected chi connectivity index (χ1v) is 6.83. The highest BCUT2D eigenvalue weighted by Crippen LogP contribution is 2.34. The zero-order chi connectivity index (χ0) is 15.9.